The highest BCUT2D eigenvalue weighted by atomic mass is 16.2. The third kappa shape index (κ3) is 2.33. The van der Waals surface area contributed by atoms with Crippen molar-refractivity contribution in [3.8, 4) is 22.3 Å². The highest BCUT2D eigenvalue weighted by Gasteiger charge is 2.28. The first kappa shape index (κ1) is 13.8. The largest absolute Gasteiger partial charge is 0.337 e. The van der Waals surface area contributed by atoms with Crippen LogP contribution < -0.4 is 0 Å². The van der Waals surface area contributed by atoms with Crippen LogP contribution in [0.3, 0.4) is 0 Å². The minimum Gasteiger partial charge on any atom is -0.337 e. The number of rotatable bonds is 2. The van der Waals surface area contributed by atoms with E-state index in [1.54, 1.807) is 4.90 Å². The van der Waals surface area contributed by atoms with Gasteiger partial charge in [-0.3, -0.25) is 4.79 Å². The van der Waals surface area contributed by atoms with Gasteiger partial charge in [0.1, 0.15) is 0 Å². The lowest BCUT2D eigenvalue weighted by Gasteiger charge is -2.11. The summed E-state index contributed by atoms with van der Waals surface area (Å²) in [4.78, 5) is 14.3. The average molecular weight is 299 g/mol. The van der Waals surface area contributed by atoms with E-state index in [1.165, 1.54) is 5.56 Å². The van der Waals surface area contributed by atoms with Crippen molar-refractivity contribution in [1.29, 1.82) is 0 Å². The van der Waals surface area contributed by atoms with E-state index in [2.05, 4.69) is 36.4 Å². The van der Waals surface area contributed by atoms with Crippen LogP contribution in [0.5, 0.6) is 0 Å². The first-order chi connectivity index (χ1) is 11.2. The number of nitrogens with zero attached hydrogens (tertiary/aromatic N) is 1. The van der Waals surface area contributed by atoms with Gasteiger partial charge in [-0.1, -0.05) is 60.7 Å². The molecular weight excluding hydrogens is 282 g/mol. The monoisotopic (exact) mass is 299 g/mol. The molecule has 23 heavy (non-hydrogen) atoms. The molecule has 0 atom stereocenters. The third-order valence-electron chi connectivity index (χ3n) is 4.38. The van der Waals surface area contributed by atoms with Gasteiger partial charge in [-0.15, -0.1) is 0 Å². The molecule has 0 radical (unpaired) electrons. The number of hydrogen-bond donors (Lipinski definition) is 0. The Balaban J connectivity index is 1.97. The summed E-state index contributed by atoms with van der Waals surface area (Å²) >= 11 is 0. The molecule has 0 aromatic heterocycles. The molecule has 0 N–H and O–H groups in total. The van der Waals surface area contributed by atoms with Gasteiger partial charge in [0, 0.05) is 13.6 Å². The quantitative estimate of drug-likeness (QED) is 0.677. The number of hydrogen-bond acceptors (Lipinski definition) is 1. The summed E-state index contributed by atoms with van der Waals surface area (Å²) in [7, 11) is 1.86. The van der Waals surface area contributed by atoms with Crippen molar-refractivity contribution in [3.63, 3.8) is 0 Å². The minimum absolute atomic E-state index is 0.110. The molecule has 1 amide bonds. The predicted molar refractivity (Wildman–Crippen MR) is 93.1 cm³/mol. The van der Waals surface area contributed by atoms with E-state index in [9.17, 15) is 4.79 Å². The van der Waals surface area contributed by atoms with Gasteiger partial charge in [-0.2, -0.15) is 0 Å². The first-order valence-electron chi connectivity index (χ1n) is 7.77. The fraction of sp³-hybridized carbons (Fsp3) is 0.0952. The molecule has 0 fully saturated rings. The Labute approximate surface area is 136 Å². The molecule has 0 aliphatic carbocycles. The third-order valence-corrected chi connectivity index (χ3v) is 4.38. The van der Waals surface area contributed by atoms with E-state index < -0.39 is 0 Å². The van der Waals surface area contributed by atoms with Gasteiger partial charge in [-0.25, -0.2) is 0 Å². The molecule has 0 saturated heterocycles. The molecule has 1 heterocycles. The summed E-state index contributed by atoms with van der Waals surface area (Å²) in [6.45, 7) is 0.675. The minimum atomic E-state index is 0.110. The number of fused-ring (bicyclic) bond motifs is 1. The van der Waals surface area contributed by atoms with Crippen molar-refractivity contribution in [3.05, 3.63) is 83.9 Å². The molecule has 0 bridgehead atoms. The average Bonchev–Trinajstić information content (AvgIpc) is 2.90. The van der Waals surface area contributed by atoms with Crippen LogP contribution in [-0.2, 0) is 6.54 Å². The second-order valence-electron chi connectivity index (χ2n) is 5.95. The fourth-order valence-corrected chi connectivity index (χ4v) is 3.24. The van der Waals surface area contributed by atoms with Crippen LogP contribution in [0.15, 0.2) is 72.8 Å². The lowest BCUT2D eigenvalue weighted by Crippen LogP contribution is -2.17. The lowest BCUT2D eigenvalue weighted by molar-refractivity contribution is 0.0817. The molecule has 3 aromatic rings. The summed E-state index contributed by atoms with van der Waals surface area (Å²) in [6.07, 6.45) is 0. The Hall–Kier alpha value is -2.87. The highest BCUT2D eigenvalue weighted by Crippen LogP contribution is 2.36. The zero-order chi connectivity index (χ0) is 15.8. The van der Waals surface area contributed by atoms with Crippen LogP contribution in [0.4, 0.5) is 0 Å². The van der Waals surface area contributed by atoms with Crippen molar-refractivity contribution in [2.45, 2.75) is 6.54 Å². The van der Waals surface area contributed by atoms with Gasteiger partial charge in [0.05, 0.1) is 5.56 Å². The van der Waals surface area contributed by atoms with Gasteiger partial charge in [0.2, 0.25) is 0 Å². The Kier molecular flexibility index (Phi) is 3.23. The highest BCUT2D eigenvalue weighted by molar-refractivity contribution is 6.05. The SMILES string of the molecule is CN1Cc2cc(-c3ccccc3)cc(-c3ccccc3)c2C1=O. The Morgan fingerprint density at radius 2 is 1.39 bits per heavy atom. The second kappa shape index (κ2) is 5.40. The van der Waals surface area contributed by atoms with Crippen LogP contribution in [0.2, 0.25) is 0 Å². The Morgan fingerprint density at radius 1 is 0.783 bits per heavy atom. The molecule has 1 aliphatic rings. The Morgan fingerprint density at radius 3 is 2.04 bits per heavy atom. The normalized spacial score (nSPS) is 13.3. The smallest absolute Gasteiger partial charge is 0.254 e. The van der Waals surface area contributed by atoms with Crippen LogP contribution in [0.1, 0.15) is 15.9 Å². The maximum Gasteiger partial charge on any atom is 0.254 e. The number of carbonyl (C=O) groups excluding carboxylic acids is 1. The van der Waals surface area contributed by atoms with Crippen molar-refractivity contribution >= 4 is 5.91 Å². The first-order valence-corrected chi connectivity index (χ1v) is 7.77. The maximum absolute atomic E-state index is 12.6. The predicted octanol–water partition coefficient (Wildman–Crippen LogP) is 4.61. The molecule has 2 heteroatoms. The number of benzene rings is 3. The van der Waals surface area contributed by atoms with Gasteiger partial charge < -0.3 is 4.90 Å². The fourth-order valence-electron chi connectivity index (χ4n) is 3.24. The van der Waals surface area contributed by atoms with Crippen LogP contribution in [0, 0.1) is 0 Å². The van der Waals surface area contributed by atoms with Gasteiger partial charge >= 0.3 is 0 Å². The standard InChI is InChI=1S/C21H17NO/c1-22-14-18-12-17(15-8-4-2-5-9-15)13-19(20(18)21(22)23)16-10-6-3-7-11-16/h2-13H,14H2,1H3. The van der Waals surface area contributed by atoms with Crippen molar-refractivity contribution in [2.24, 2.45) is 0 Å². The summed E-state index contributed by atoms with van der Waals surface area (Å²) < 4.78 is 0. The van der Waals surface area contributed by atoms with Crippen LogP contribution >= 0.6 is 0 Å². The topological polar surface area (TPSA) is 20.3 Å². The van der Waals surface area contributed by atoms with Crippen molar-refractivity contribution in [1.82, 2.24) is 4.90 Å². The zero-order valence-electron chi connectivity index (χ0n) is 13.0. The molecule has 0 spiro atoms. The van der Waals surface area contributed by atoms with Gasteiger partial charge in [0.15, 0.2) is 0 Å². The molecule has 4 rings (SSSR count). The molecule has 3 aromatic carbocycles. The lowest BCUT2D eigenvalue weighted by atomic mass is 9.92. The van der Waals surface area contributed by atoms with E-state index in [0.29, 0.717) is 6.54 Å². The zero-order valence-corrected chi connectivity index (χ0v) is 13.0. The van der Waals surface area contributed by atoms with Gasteiger partial charge in [-0.05, 0) is 39.9 Å². The van der Waals surface area contributed by atoms with Crippen molar-refractivity contribution in [2.75, 3.05) is 7.05 Å². The van der Waals surface area contributed by atoms with E-state index >= 15 is 0 Å². The molecule has 112 valence electrons. The summed E-state index contributed by atoms with van der Waals surface area (Å²) in [5, 5.41) is 0. The molecule has 0 saturated carbocycles. The molecular formula is C21H17NO. The molecule has 0 unspecified atom stereocenters. The summed E-state index contributed by atoms with van der Waals surface area (Å²) in [5.41, 5.74) is 6.40. The second-order valence-corrected chi connectivity index (χ2v) is 5.95. The van der Waals surface area contributed by atoms with Crippen molar-refractivity contribution < 1.29 is 4.79 Å². The van der Waals surface area contributed by atoms with Crippen LogP contribution in [-0.4, -0.2) is 17.9 Å². The van der Waals surface area contributed by atoms with E-state index in [0.717, 1.165) is 27.8 Å². The number of carbonyl (C=O) groups is 1. The molecule has 2 nitrogen and oxygen atoms in total. The number of amides is 1. The van der Waals surface area contributed by atoms with Crippen LogP contribution in [0.25, 0.3) is 22.3 Å². The maximum atomic E-state index is 12.6. The molecule has 1 aliphatic heterocycles. The van der Waals surface area contributed by atoms with E-state index in [-0.39, 0.29) is 5.91 Å². The summed E-state index contributed by atoms with van der Waals surface area (Å²) in [6, 6.07) is 24.8. The van der Waals surface area contributed by atoms with E-state index in [1.807, 2.05) is 43.4 Å². The van der Waals surface area contributed by atoms with E-state index in [4.69, 9.17) is 0 Å². The van der Waals surface area contributed by atoms with Gasteiger partial charge in [0.25, 0.3) is 5.91 Å². The summed E-state index contributed by atoms with van der Waals surface area (Å²) in [5.74, 6) is 0.110. The Bertz CT molecular complexity index is 869.